The molecule has 3 heterocycles. The van der Waals surface area contributed by atoms with Gasteiger partial charge in [0.25, 0.3) is 0 Å². The maximum absolute atomic E-state index is 11.6. The number of amides is 1. The fraction of sp³-hybridized carbons (Fsp3) is 0.278. The standard InChI is InChI=1S/C18H19N7OS/c1-4-13(26)23-18-22-11-6-5-10(7-12(11)27-18)15-14-16(19)20-8-21-17(14)25(24-15)9(2)3/h5-9H,4H2,1-3H3,(H2,19,20,21)(H,22,23,26). The van der Waals surface area contributed by atoms with Crippen molar-refractivity contribution in [2.75, 3.05) is 11.1 Å². The summed E-state index contributed by atoms with van der Waals surface area (Å²) in [5.41, 5.74) is 9.32. The molecule has 27 heavy (non-hydrogen) atoms. The average molecular weight is 381 g/mol. The highest BCUT2D eigenvalue weighted by Crippen LogP contribution is 2.35. The van der Waals surface area contributed by atoms with Gasteiger partial charge in [0.2, 0.25) is 5.91 Å². The molecule has 3 aromatic heterocycles. The molecular weight excluding hydrogens is 362 g/mol. The summed E-state index contributed by atoms with van der Waals surface area (Å²) in [5, 5.41) is 8.89. The number of nitrogen functional groups attached to an aromatic ring is 1. The Morgan fingerprint density at radius 2 is 2.15 bits per heavy atom. The van der Waals surface area contributed by atoms with Crippen molar-refractivity contribution in [1.29, 1.82) is 0 Å². The van der Waals surface area contributed by atoms with E-state index in [4.69, 9.17) is 10.8 Å². The number of anilines is 2. The van der Waals surface area contributed by atoms with Crippen molar-refractivity contribution < 1.29 is 4.79 Å². The van der Waals surface area contributed by atoms with Crippen LogP contribution in [0.2, 0.25) is 0 Å². The second-order valence-corrected chi connectivity index (χ2v) is 7.48. The number of nitrogens with zero attached hydrogens (tertiary/aromatic N) is 5. The van der Waals surface area contributed by atoms with Crippen LogP contribution in [0.4, 0.5) is 10.9 Å². The zero-order valence-corrected chi connectivity index (χ0v) is 16.0. The fourth-order valence-corrected chi connectivity index (χ4v) is 3.81. The predicted octanol–water partition coefficient (Wildman–Crippen LogP) is 3.61. The first-order valence-electron chi connectivity index (χ1n) is 8.67. The molecule has 0 saturated carbocycles. The molecule has 1 aromatic carbocycles. The summed E-state index contributed by atoms with van der Waals surface area (Å²) in [6.07, 6.45) is 1.87. The van der Waals surface area contributed by atoms with E-state index in [1.165, 1.54) is 17.7 Å². The quantitative estimate of drug-likeness (QED) is 0.558. The summed E-state index contributed by atoms with van der Waals surface area (Å²) >= 11 is 1.43. The molecule has 0 aliphatic carbocycles. The monoisotopic (exact) mass is 381 g/mol. The van der Waals surface area contributed by atoms with Gasteiger partial charge in [-0.25, -0.2) is 19.6 Å². The lowest BCUT2D eigenvalue weighted by Crippen LogP contribution is -2.08. The number of rotatable bonds is 4. The first-order chi connectivity index (χ1) is 13.0. The lowest BCUT2D eigenvalue weighted by Gasteiger charge is -2.05. The van der Waals surface area contributed by atoms with Crippen molar-refractivity contribution in [3.63, 3.8) is 0 Å². The Bertz CT molecular complexity index is 1160. The van der Waals surface area contributed by atoms with Crippen molar-refractivity contribution in [2.45, 2.75) is 33.2 Å². The van der Waals surface area contributed by atoms with Crippen molar-refractivity contribution >= 4 is 49.4 Å². The number of benzene rings is 1. The van der Waals surface area contributed by atoms with Gasteiger partial charge in [0.1, 0.15) is 17.8 Å². The number of carbonyl (C=O) groups excluding carboxylic acids is 1. The molecule has 4 rings (SSSR count). The number of hydrogen-bond acceptors (Lipinski definition) is 7. The molecule has 0 radical (unpaired) electrons. The van der Waals surface area contributed by atoms with E-state index in [1.54, 1.807) is 0 Å². The van der Waals surface area contributed by atoms with Gasteiger partial charge in [0.05, 0.1) is 15.6 Å². The fourth-order valence-electron chi connectivity index (χ4n) is 2.89. The van der Waals surface area contributed by atoms with Crippen molar-refractivity contribution in [2.24, 2.45) is 0 Å². The van der Waals surface area contributed by atoms with Crippen LogP contribution in [0.5, 0.6) is 0 Å². The van der Waals surface area contributed by atoms with Crippen LogP contribution in [0, 0.1) is 0 Å². The average Bonchev–Trinajstić information content (AvgIpc) is 3.22. The normalized spacial score (nSPS) is 11.6. The molecule has 4 aromatic rings. The molecule has 1 amide bonds. The highest BCUT2D eigenvalue weighted by molar-refractivity contribution is 7.22. The Labute approximate surface area is 159 Å². The van der Waals surface area contributed by atoms with Gasteiger partial charge in [-0.3, -0.25) is 4.79 Å². The Balaban J connectivity index is 1.86. The van der Waals surface area contributed by atoms with E-state index in [0.717, 1.165) is 26.9 Å². The molecule has 0 aliphatic heterocycles. The summed E-state index contributed by atoms with van der Waals surface area (Å²) in [5.74, 6) is 0.350. The Hall–Kier alpha value is -3.07. The van der Waals surface area contributed by atoms with Crippen molar-refractivity contribution in [3.05, 3.63) is 24.5 Å². The van der Waals surface area contributed by atoms with Crippen molar-refractivity contribution in [1.82, 2.24) is 24.7 Å². The molecular formula is C18H19N7OS. The van der Waals surface area contributed by atoms with E-state index in [2.05, 4.69) is 20.3 Å². The van der Waals surface area contributed by atoms with Crippen LogP contribution >= 0.6 is 11.3 Å². The predicted molar refractivity (Wildman–Crippen MR) is 108 cm³/mol. The minimum Gasteiger partial charge on any atom is -0.383 e. The molecule has 0 bridgehead atoms. The molecule has 0 spiro atoms. The summed E-state index contributed by atoms with van der Waals surface area (Å²) in [6.45, 7) is 5.90. The smallest absolute Gasteiger partial charge is 0.225 e. The lowest BCUT2D eigenvalue weighted by atomic mass is 10.1. The minimum absolute atomic E-state index is 0.0547. The summed E-state index contributed by atoms with van der Waals surface area (Å²) in [7, 11) is 0. The highest BCUT2D eigenvalue weighted by atomic mass is 32.1. The van der Waals surface area contributed by atoms with E-state index in [0.29, 0.717) is 23.0 Å². The third-order valence-electron chi connectivity index (χ3n) is 4.24. The van der Waals surface area contributed by atoms with Crippen LogP contribution < -0.4 is 11.1 Å². The zero-order chi connectivity index (χ0) is 19.1. The molecule has 9 heteroatoms. The van der Waals surface area contributed by atoms with Crippen LogP contribution in [0.1, 0.15) is 33.2 Å². The molecule has 3 N–H and O–H groups in total. The maximum atomic E-state index is 11.6. The first kappa shape index (κ1) is 17.3. The van der Waals surface area contributed by atoms with Crippen LogP contribution in [-0.4, -0.2) is 30.6 Å². The lowest BCUT2D eigenvalue weighted by molar-refractivity contribution is -0.115. The summed E-state index contributed by atoms with van der Waals surface area (Å²) < 4.78 is 2.81. The third-order valence-corrected chi connectivity index (χ3v) is 5.17. The minimum atomic E-state index is -0.0547. The number of nitrogens with one attached hydrogen (secondary N) is 1. The third kappa shape index (κ3) is 2.99. The van der Waals surface area contributed by atoms with Gasteiger partial charge in [-0.1, -0.05) is 24.3 Å². The first-order valence-corrected chi connectivity index (χ1v) is 9.49. The molecule has 0 aliphatic rings. The number of hydrogen-bond donors (Lipinski definition) is 2. The molecule has 8 nitrogen and oxygen atoms in total. The van der Waals surface area contributed by atoms with Crippen LogP contribution in [-0.2, 0) is 4.79 Å². The maximum Gasteiger partial charge on any atom is 0.225 e. The topological polar surface area (TPSA) is 112 Å². The number of fused-ring (bicyclic) bond motifs is 2. The SMILES string of the molecule is CCC(=O)Nc1nc2ccc(-c3nn(C(C)C)c4ncnc(N)c34)cc2s1. The number of carbonyl (C=O) groups is 1. The van der Waals surface area contributed by atoms with Gasteiger partial charge in [0, 0.05) is 18.0 Å². The van der Waals surface area contributed by atoms with Crippen LogP contribution in [0.25, 0.3) is 32.5 Å². The van der Waals surface area contributed by atoms with Gasteiger partial charge in [-0.2, -0.15) is 5.10 Å². The summed E-state index contributed by atoms with van der Waals surface area (Å²) in [6, 6.07) is 6.02. The zero-order valence-electron chi connectivity index (χ0n) is 15.2. The largest absolute Gasteiger partial charge is 0.383 e. The van der Waals surface area contributed by atoms with E-state index < -0.39 is 0 Å². The van der Waals surface area contributed by atoms with Gasteiger partial charge < -0.3 is 11.1 Å². The molecule has 0 unspecified atom stereocenters. The molecule has 0 atom stereocenters. The number of thiazole rings is 1. The molecule has 0 fully saturated rings. The van der Waals surface area contributed by atoms with Crippen LogP contribution in [0.15, 0.2) is 24.5 Å². The van der Waals surface area contributed by atoms with E-state index in [-0.39, 0.29) is 11.9 Å². The van der Waals surface area contributed by atoms with Crippen LogP contribution in [0.3, 0.4) is 0 Å². The van der Waals surface area contributed by atoms with E-state index >= 15 is 0 Å². The van der Waals surface area contributed by atoms with Gasteiger partial charge in [-0.05, 0) is 26.0 Å². The second-order valence-electron chi connectivity index (χ2n) is 6.45. The Kier molecular flexibility index (Phi) is 4.23. The van der Waals surface area contributed by atoms with E-state index in [9.17, 15) is 4.79 Å². The number of nitrogens with two attached hydrogens (primary N) is 1. The Morgan fingerprint density at radius 1 is 1.33 bits per heavy atom. The second kappa shape index (κ2) is 6.58. The van der Waals surface area contributed by atoms with Gasteiger partial charge >= 0.3 is 0 Å². The highest BCUT2D eigenvalue weighted by Gasteiger charge is 2.19. The van der Waals surface area contributed by atoms with Crippen molar-refractivity contribution in [3.8, 4) is 11.3 Å². The van der Waals surface area contributed by atoms with Gasteiger partial charge in [0.15, 0.2) is 10.8 Å². The van der Waals surface area contributed by atoms with E-state index in [1.807, 2.05) is 43.7 Å². The number of aromatic nitrogens is 5. The Morgan fingerprint density at radius 3 is 2.89 bits per heavy atom. The summed E-state index contributed by atoms with van der Waals surface area (Å²) in [4.78, 5) is 24.6. The van der Waals surface area contributed by atoms with Gasteiger partial charge in [-0.15, -0.1) is 0 Å². The molecule has 0 saturated heterocycles. The molecule has 138 valence electrons.